The first-order valence-electron chi connectivity index (χ1n) is 8.12. The number of nitrogens with zero attached hydrogens (tertiary/aromatic N) is 4. The Balaban J connectivity index is 1.67. The molecule has 0 unspecified atom stereocenters. The van der Waals surface area contributed by atoms with E-state index in [1.165, 1.54) is 0 Å². The Morgan fingerprint density at radius 3 is 2.80 bits per heavy atom. The number of carboxylic acid groups (broad SMARTS) is 1. The molecule has 0 bridgehead atoms. The van der Waals surface area contributed by atoms with Crippen LogP contribution in [0.5, 0.6) is 0 Å². The number of hydrogen-bond acceptors (Lipinski definition) is 5. The van der Waals surface area contributed by atoms with Crippen molar-refractivity contribution < 1.29 is 19.4 Å². The SMILES string of the molecule is Cc1c(CC(=O)N2CCO[C@H](CC(=O)O)C2)nnn1-c1ccccc1. The zero-order valence-electron chi connectivity index (χ0n) is 14.0. The fraction of sp³-hybridized carbons (Fsp3) is 0.412. The van der Waals surface area contributed by atoms with Crippen molar-refractivity contribution >= 4 is 11.9 Å². The lowest BCUT2D eigenvalue weighted by atomic mass is 10.1. The number of rotatable bonds is 5. The molecule has 1 N–H and O–H groups in total. The van der Waals surface area contributed by atoms with Gasteiger partial charge in [-0.25, -0.2) is 4.68 Å². The molecule has 0 saturated carbocycles. The number of hydrogen-bond donors (Lipinski definition) is 1. The van der Waals surface area contributed by atoms with Gasteiger partial charge in [-0.05, 0) is 19.1 Å². The van der Waals surface area contributed by atoms with Crippen LogP contribution >= 0.6 is 0 Å². The highest BCUT2D eigenvalue weighted by atomic mass is 16.5. The largest absolute Gasteiger partial charge is 0.481 e. The third-order valence-electron chi connectivity index (χ3n) is 4.20. The molecule has 3 rings (SSSR count). The molecule has 1 atom stereocenters. The molecule has 1 saturated heterocycles. The highest BCUT2D eigenvalue weighted by Gasteiger charge is 2.27. The minimum atomic E-state index is -0.930. The van der Waals surface area contributed by atoms with Crippen LogP contribution in [-0.2, 0) is 20.7 Å². The van der Waals surface area contributed by atoms with Crippen molar-refractivity contribution in [3.8, 4) is 5.69 Å². The molecule has 1 aromatic carbocycles. The van der Waals surface area contributed by atoms with Crippen molar-refractivity contribution in [1.82, 2.24) is 19.9 Å². The standard InChI is InChI=1S/C17H20N4O4/c1-12-15(18-19-21(12)13-5-3-2-4-6-13)10-16(22)20-7-8-25-14(11-20)9-17(23)24/h2-6,14H,7-11H2,1H3,(H,23,24)/t14-/m1/s1. The molecule has 2 heterocycles. The van der Waals surface area contributed by atoms with E-state index in [-0.39, 0.29) is 25.3 Å². The summed E-state index contributed by atoms with van der Waals surface area (Å²) in [6.45, 7) is 2.97. The predicted molar refractivity (Wildman–Crippen MR) is 88.4 cm³/mol. The summed E-state index contributed by atoms with van der Waals surface area (Å²) in [4.78, 5) is 25.0. The van der Waals surface area contributed by atoms with E-state index in [1.807, 2.05) is 37.3 Å². The second kappa shape index (κ2) is 7.43. The van der Waals surface area contributed by atoms with Gasteiger partial charge in [0.2, 0.25) is 5.91 Å². The van der Waals surface area contributed by atoms with Crippen molar-refractivity contribution in [1.29, 1.82) is 0 Å². The van der Waals surface area contributed by atoms with Crippen molar-refractivity contribution in [3.63, 3.8) is 0 Å². The molecule has 1 aliphatic heterocycles. The van der Waals surface area contributed by atoms with E-state index in [0.717, 1.165) is 11.4 Å². The molecule has 132 valence electrons. The lowest BCUT2D eigenvalue weighted by Crippen LogP contribution is -2.46. The molecule has 0 aliphatic carbocycles. The van der Waals surface area contributed by atoms with Gasteiger partial charge in [-0.1, -0.05) is 23.4 Å². The molecule has 8 nitrogen and oxygen atoms in total. The predicted octanol–water partition coefficient (Wildman–Crippen LogP) is 0.820. The molecule has 1 aliphatic rings. The summed E-state index contributed by atoms with van der Waals surface area (Å²) in [7, 11) is 0. The van der Waals surface area contributed by atoms with E-state index in [1.54, 1.807) is 9.58 Å². The lowest BCUT2D eigenvalue weighted by molar-refractivity contribution is -0.147. The van der Waals surface area contributed by atoms with Crippen LogP contribution in [0.25, 0.3) is 5.69 Å². The van der Waals surface area contributed by atoms with Crippen LogP contribution in [0.15, 0.2) is 30.3 Å². The monoisotopic (exact) mass is 344 g/mol. The molecule has 8 heteroatoms. The Labute approximate surface area is 145 Å². The normalized spacial score (nSPS) is 17.5. The summed E-state index contributed by atoms with van der Waals surface area (Å²) in [6.07, 6.45) is -0.429. The average Bonchev–Trinajstić information content (AvgIpc) is 2.96. The minimum Gasteiger partial charge on any atom is -0.481 e. The third-order valence-corrected chi connectivity index (χ3v) is 4.20. The summed E-state index contributed by atoms with van der Waals surface area (Å²) in [5.41, 5.74) is 2.32. The number of ether oxygens (including phenoxy) is 1. The van der Waals surface area contributed by atoms with Gasteiger partial charge in [-0.3, -0.25) is 9.59 Å². The lowest BCUT2D eigenvalue weighted by Gasteiger charge is -2.32. The van der Waals surface area contributed by atoms with Gasteiger partial charge in [0.1, 0.15) is 0 Å². The number of aliphatic carboxylic acids is 1. The van der Waals surface area contributed by atoms with Crippen LogP contribution < -0.4 is 0 Å². The zero-order chi connectivity index (χ0) is 17.8. The molecule has 1 aromatic heterocycles. The first kappa shape index (κ1) is 17.1. The van der Waals surface area contributed by atoms with Gasteiger partial charge in [0.15, 0.2) is 0 Å². The second-order valence-electron chi connectivity index (χ2n) is 5.98. The molecule has 1 fully saturated rings. The molecule has 0 radical (unpaired) electrons. The van der Waals surface area contributed by atoms with Crippen LogP contribution in [0.3, 0.4) is 0 Å². The average molecular weight is 344 g/mol. The van der Waals surface area contributed by atoms with Gasteiger partial charge in [-0.2, -0.15) is 0 Å². The molecule has 25 heavy (non-hydrogen) atoms. The maximum atomic E-state index is 12.5. The Hall–Kier alpha value is -2.74. The van der Waals surface area contributed by atoms with Gasteiger partial charge >= 0.3 is 5.97 Å². The first-order valence-corrected chi connectivity index (χ1v) is 8.12. The first-order chi connectivity index (χ1) is 12.0. The summed E-state index contributed by atoms with van der Waals surface area (Å²) in [6, 6.07) is 9.60. The van der Waals surface area contributed by atoms with E-state index in [9.17, 15) is 9.59 Å². The number of para-hydroxylation sites is 1. The van der Waals surface area contributed by atoms with Crippen LogP contribution in [-0.4, -0.2) is 62.7 Å². The Bertz CT molecular complexity index is 759. The smallest absolute Gasteiger partial charge is 0.306 e. The van der Waals surface area contributed by atoms with Crippen molar-refractivity contribution in [3.05, 3.63) is 41.7 Å². The summed E-state index contributed by atoms with van der Waals surface area (Å²) < 4.78 is 7.10. The van der Waals surface area contributed by atoms with Crippen molar-refractivity contribution in [2.45, 2.75) is 25.9 Å². The highest BCUT2D eigenvalue weighted by molar-refractivity contribution is 5.79. The van der Waals surface area contributed by atoms with Crippen LogP contribution in [0.1, 0.15) is 17.8 Å². The van der Waals surface area contributed by atoms with E-state index < -0.39 is 12.1 Å². The zero-order valence-corrected chi connectivity index (χ0v) is 14.0. The fourth-order valence-corrected chi connectivity index (χ4v) is 2.86. The topological polar surface area (TPSA) is 97.6 Å². The van der Waals surface area contributed by atoms with E-state index >= 15 is 0 Å². The van der Waals surface area contributed by atoms with Crippen LogP contribution in [0, 0.1) is 6.92 Å². The summed E-state index contributed by atoms with van der Waals surface area (Å²) in [5.74, 6) is -1.03. The van der Waals surface area contributed by atoms with Gasteiger partial charge in [-0.15, -0.1) is 5.10 Å². The summed E-state index contributed by atoms with van der Waals surface area (Å²) >= 11 is 0. The number of morpholine rings is 1. The van der Waals surface area contributed by atoms with E-state index in [0.29, 0.717) is 18.8 Å². The Kier molecular flexibility index (Phi) is 5.08. The fourth-order valence-electron chi connectivity index (χ4n) is 2.86. The number of carbonyl (C=O) groups excluding carboxylic acids is 1. The molecule has 1 amide bonds. The Morgan fingerprint density at radius 2 is 2.08 bits per heavy atom. The molecular formula is C17H20N4O4. The molecule has 0 spiro atoms. The number of aromatic nitrogens is 3. The van der Waals surface area contributed by atoms with E-state index in [4.69, 9.17) is 9.84 Å². The Morgan fingerprint density at radius 1 is 1.32 bits per heavy atom. The number of carboxylic acids is 1. The molecule has 2 aromatic rings. The van der Waals surface area contributed by atoms with Crippen molar-refractivity contribution in [2.24, 2.45) is 0 Å². The van der Waals surface area contributed by atoms with Gasteiger partial charge < -0.3 is 14.7 Å². The maximum absolute atomic E-state index is 12.5. The minimum absolute atomic E-state index is 0.0955. The number of amides is 1. The second-order valence-corrected chi connectivity index (χ2v) is 5.98. The van der Waals surface area contributed by atoms with E-state index in [2.05, 4.69) is 10.3 Å². The van der Waals surface area contributed by atoms with Gasteiger partial charge in [0.25, 0.3) is 0 Å². The van der Waals surface area contributed by atoms with Crippen LogP contribution in [0.4, 0.5) is 0 Å². The highest BCUT2D eigenvalue weighted by Crippen LogP contribution is 2.15. The third kappa shape index (κ3) is 4.03. The van der Waals surface area contributed by atoms with Gasteiger partial charge in [0, 0.05) is 13.1 Å². The number of benzene rings is 1. The maximum Gasteiger partial charge on any atom is 0.306 e. The van der Waals surface area contributed by atoms with Gasteiger partial charge in [0.05, 0.1) is 42.6 Å². The van der Waals surface area contributed by atoms with Crippen molar-refractivity contribution in [2.75, 3.05) is 19.7 Å². The number of carbonyl (C=O) groups is 2. The molecular weight excluding hydrogens is 324 g/mol. The summed E-state index contributed by atoms with van der Waals surface area (Å²) in [5, 5.41) is 17.1. The quantitative estimate of drug-likeness (QED) is 0.862. The van der Waals surface area contributed by atoms with Crippen LogP contribution in [0.2, 0.25) is 0 Å².